The molecule has 0 bridgehead atoms. The summed E-state index contributed by atoms with van der Waals surface area (Å²) in [5.74, 6) is 0.959. The molecule has 0 radical (unpaired) electrons. The van der Waals surface area contributed by atoms with E-state index in [2.05, 4.69) is 6.07 Å². The number of ether oxygens (including phenoxy) is 1. The Hall–Kier alpha value is -1.51. The Morgan fingerprint density at radius 3 is 2.84 bits per heavy atom. The Labute approximate surface area is 118 Å². The molecule has 19 heavy (non-hydrogen) atoms. The molecule has 1 heterocycles. The van der Waals surface area contributed by atoms with Crippen molar-refractivity contribution in [1.29, 1.82) is 0 Å². The van der Waals surface area contributed by atoms with Gasteiger partial charge in [0.15, 0.2) is 0 Å². The predicted octanol–water partition coefficient (Wildman–Crippen LogP) is 3.71. The zero-order valence-electron chi connectivity index (χ0n) is 10.6. The van der Waals surface area contributed by atoms with Crippen LogP contribution in [0.1, 0.15) is 29.2 Å². The van der Waals surface area contributed by atoms with Crippen LogP contribution < -0.4 is 10.5 Å². The topological polar surface area (TPSA) is 35.2 Å². The van der Waals surface area contributed by atoms with E-state index in [1.54, 1.807) is 0 Å². The van der Waals surface area contributed by atoms with Gasteiger partial charge in [-0.15, -0.1) is 0 Å². The number of hydrogen-bond donors (Lipinski definition) is 1. The first-order valence-corrected chi connectivity index (χ1v) is 6.89. The van der Waals surface area contributed by atoms with Gasteiger partial charge in [0.25, 0.3) is 0 Å². The lowest BCUT2D eigenvalue weighted by atomic mass is 9.94. The minimum absolute atomic E-state index is 0.202. The smallest absolute Gasteiger partial charge is 0.127 e. The monoisotopic (exact) mass is 273 g/mol. The fourth-order valence-corrected chi connectivity index (χ4v) is 2.74. The van der Waals surface area contributed by atoms with Gasteiger partial charge in [0.05, 0.1) is 12.6 Å². The second-order valence-electron chi connectivity index (χ2n) is 4.82. The van der Waals surface area contributed by atoms with E-state index < -0.39 is 0 Å². The molecule has 3 rings (SSSR count). The van der Waals surface area contributed by atoms with E-state index >= 15 is 0 Å². The molecule has 2 N–H and O–H groups in total. The fraction of sp³-hybridized carbons (Fsp3) is 0.250. The lowest BCUT2D eigenvalue weighted by Crippen LogP contribution is -2.17. The first-order chi connectivity index (χ1) is 9.25. The molecule has 0 aromatic heterocycles. The van der Waals surface area contributed by atoms with Crippen LogP contribution in [0.2, 0.25) is 5.02 Å². The quantitative estimate of drug-likeness (QED) is 0.905. The van der Waals surface area contributed by atoms with Gasteiger partial charge in [-0.3, -0.25) is 0 Å². The van der Waals surface area contributed by atoms with Crippen molar-refractivity contribution in [3.63, 3.8) is 0 Å². The van der Waals surface area contributed by atoms with Gasteiger partial charge in [-0.2, -0.15) is 0 Å². The van der Waals surface area contributed by atoms with Crippen LogP contribution in [0.25, 0.3) is 0 Å². The van der Waals surface area contributed by atoms with Crippen LogP contribution in [0.5, 0.6) is 5.75 Å². The van der Waals surface area contributed by atoms with E-state index in [1.807, 2.05) is 36.4 Å². The third kappa shape index (κ3) is 2.46. The van der Waals surface area contributed by atoms with E-state index in [-0.39, 0.29) is 6.04 Å². The highest BCUT2D eigenvalue weighted by molar-refractivity contribution is 6.30. The van der Waals surface area contributed by atoms with Crippen molar-refractivity contribution in [1.82, 2.24) is 0 Å². The molecular weight excluding hydrogens is 258 g/mol. The number of nitrogens with two attached hydrogens (primary N) is 1. The van der Waals surface area contributed by atoms with E-state index in [9.17, 15) is 0 Å². The minimum atomic E-state index is -0.202. The molecule has 0 fully saturated rings. The molecule has 0 amide bonds. The highest BCUT2D eigenvalue weighted by Crippen LogP contribution is 2.34. The minimum Gasteiger partial charge on any atom is -0.493 e. The third-order valence-electron chi connectivity index (χ3n) is 3.51. The first kappa shape index (κ1) is 12.5. The number of benzene rings is 2. The Balaban J connectivity index is 2.02. The molecule has 0 saturated heterocycles. The standard InChI is InChI=1S/C16H16ClNO/c17-13-7-1-5-12(10-13)15(18)14-8-2-4-11-6-3-9-19-16(11)14/h1-2,4-5,7-8,10,15H,3,6,9,18H2. The van der Waals surface area contributed by atoms with Crippen LogP contribution >= 0.6 is 11.6 Å². The summed E-state index contributed by atoms with van der Waals surface area (Å²) in [5, 5.41) is 0.707. The van der Waals surface area contributed by atoms with Crippen LogP contribution in [-0.2, 0) is 6.42 Å². The molecule has 98 valence electrons. The van der Waals surface area contributed by atoms with Crippen molar-refractivity contribution in [2.45, 2.75) is 18.9 Å². The summed E-state index contributed by atoms with van der Waals surface area (Å²) in [4.78, 5) is 0. The van der Waals surface area contributed by atoms with Crippen LogP contribution in [0.4, 0.5) is 0 Å². The Bertz CT molecular complexity index is 597. The lowest BCUT2D eigenvalue weighted by Gasteiger charge is -2.23. The molecule has 2 aromatic rings. The van der Waals surface area contributed by atoms with E-state index in [1.165, 1.54) is 5.56 Å². The second kappa shape index (κ2) is 5.24. The lowest BCUT2D eigenvalue weighted by molar-refractivity contribution is 0.284. The first-order valence-electron chi connectivity index (χ1n) is 6.51. The second-order valence-corrected chi connectivity index (χ2v) is 5.26. The van der Waals surface area contributed by atoms with Crippen molar-refractivity contribution in [2.24, 2.45) is 5.73 Å². The van der Waals surface area contributed by atoms with Gasteiger partial charge in [-0.05, 0) is 36.1 Å². The summed E-state index contributed by atoms with van der Waals surface area (Å²) in [6, 6.07) is 13.7. The van der Waals surface area contributed by atoms with Gasteiger partial charge in [0.1, 0.15) is 5.75 Å². The molecule has 1 unspecified atom stereocenters. The van der Waals surface area contributed by atoms with Crippen molar-refractivity contribution in [2.75, 3.05) is 6.61 Å². The maximum atomic E-state index is 6.37. The van der Waals surface area contributed by atoms with Crippen molar-refractivity contribution in [3.8, 4) is 5.75 Å². The molecule has 2 aromatic carbocycles. The van der Waals surface area contributed by atoms with E-state index in [4.69, 9.17) is 22.1 Å². The SMILES string of the molecule is NC(c1cccc(Cl)c1)c1cccc2c1OCCC2. The average molecular weight is 274 g/mol. The molecule has 3 heteroatoms. The average Bonchev–Trinajstić information content (AvgIpc) is 2.46. The number of rotatable bonds is 2. The molecule has 0 spiro atoms. The maximum absolute atomic E-state index is 6.37. The summed E-state index contributed by atoms with van der Waals surface area (Å²) in [7, 11) is 0. The Kier molecular flexibility index (Phi) is 3.45. The normalized spacial score (nSPS) is 15.5. The highest BCUT2D eigenvalue weighted by atomic mass is 35.5. The predicted molar refractivity (Wildman–Crippen MR) is 77.7 cm³/mol. The summed E-state index contributed by atoms with van der Waals surface area (Å²) in [6.45, 7) is 0.770. The van der Waals surface area contributed by atoms with Gasteiger partial charge in [0.2, 0.25) is 0 Å². The molecule has 2 nitrogen and oxygen atoms in total. The summed E-state index contributed by atoms with van der Waals surface area (Å²) in [5.41, 5.74) is 9.67. The fourth-order valence-electron chi connectivity index (χ4n) is 2.54. The number of halogens is 1. The van der Waals surface area contributed by atoms with Gasteiger partial charge in [0, 0.05) is 10.6 Å². The van der Waals surface area contributed by atoms with E-state index in [0.29, 0.717) is 5.02 Å². The number of para-hydroxylation sites is 1. The summed E-state index contributed by atoms with van der Waals surface area (Å²) >= 11 is 6.03. The number of aryl methyl sites for hydroxylation is 1. The molecule has 0 aliphatic carbocycles. The van der Waals surface area contributed by atoms with Crippen molar-refractivity contribution >= 4 is 11.6 Å². The van der Waals surface area contributed by atoms with Crippen LogP contribution in [0.3, 0.4) is 0 Å². The van der Waals surface area contributed by atoms with Gasteiger partial charge >= 0.3 is 0 Å². The number of hydrogen-bond acceptors (Lipinski definition) is 2. The van der Waals surface area contributed by atoms with Crippen LogP contribution in [0, 0.1) is 0 Å². The summed E-state index contributed by atoms with van der Waals surface area (Å²) in [6.07, 6.45) is 2.13. The van der Waals surface area contributed by atoms with Crippen molar-refractivity contribution in [3.05, 3.63) is 64.2 Å². The van der Waals surface area contributed by atoms with Gasteiger partial charge < -0.3 is 10.5 Å². The van der Waals surface area contributed by atoms with Crippen LogP contribution in [-0.4, -0.2) is 6.61 Å². The largest absolute Gasteiger partial charge is 0.493 e. The van der Waals surface area contributed by atoms with Gasteiger partial charge in [-0.25, -0.2) is 0 Å². The third-order valence-corrected chi connectivity index (χ3v) is 3.74. The maximum Gasteiger partial charge on any atom is 0.127 e. The van der Waals surface area contributed by atoms with Crippen molar-refractivity contribution < 1.29 is 4.74 Å². The Morgan fingerprint density at radius 2 is 2.00 bits per heavy atom. The molecule has 1 atom stereocenters. The zero-order chi connectivity index (χ0) is 13.2. The molecule has 1 aliphatic rings. The molecule has 0 saturated carbocycles. The summed E-state index contributed by atoms with van der Waals surface area (Å²) < 4.78 is 5.81. The molecular formula is C16H16ClNO. The molecule has 1 aliphatic heterocycles. The van der Waals surface area contributed by atoms with Crippen LogP contribution in [0.15, 0.2) is 42.5 Å². The Morgan fingerprint density at radius 1 is 1.16 bits per heavy atom. The van der Waals surface area contributed by atoms with E-state index in [0.717, 1.165) is 36.3 Å². The highest BCUT2D eigenvalue weighted by Gasteiger charge is 2.19. The van der Waals surface area contributed by atoms with Gasteiger partial charge in [-0.1, -0.05) is 41.9 Å². The number of fused-ring (bicyclic) bond motifs is 1. The zero-order valence-corrected chi connectivity index (χ0v) is 11.4.